The van der Waals surface area contributed by atoms with Gasteiger partial charge in [-0.15, -0.1) is 11.3 Å². The van der Waals surface area contributed by atoms with E-state index in [2.05, 4.69) is 63.9 Å². The Kier molecular flexibility index (Phi) is 5.04. The van der Waals surface area contributed by atoms with E-state index in [9.17, 15) is 4.79 Å². The van der Waals surface area contributed by atoms with Crippen LogP contribution in [-0.4, -0.2) is 19.4 Å². The lowest BCUT2D eigenvalue weighted by Crippen LogP contribution is -2.26. The van der Waals surface area contributed by atoms with E-state index in [1.165, 1.54) is 22.5 Å². The lowest BCUT2D eigenvalue weighted by Gasteiger charge is -2.21. The van der Waals surface area contributed by atoms with Crippen LogP contribution in [0.2, 0.25) is 0 Å². The van der Waals surface area contributed by atoms with E-state index in [1.807, 2.05) is 18.0 Å². The number of halogens is 2. The van der Waals surface area contributed by atoms with E-state index in [0.717, 1.165) is 18.8 Å². The molecule has 2 rings (SSSR count). The molecule has 2 aromatic rings. The Bertz CT molecular complexity index is 651. The molecule has 0 spiro atoms. The summed E-state index contributed by atoms with van der Waals surface area (Å²) in [6.07, 6.45) is 0. The highest BCUT2D eigenvalue weighted by atomic mass is 79.9. The van der Waals surface area contributed by atoms with E-state index in [4.69, 9.17) is 0 Å². The van der Waals surface area contributed by atoms with Crippen LogP contribution in [0.25, 0.3) is 0 Å². The molecule has 0 atom stereocenters. The largest absolute Gasteiger partial charge is 0.367 e. The first-order valence-corrected chi connectivity index (χ1v) is 8.55. The molecule has 0 fully saturated rings. The van der Waals surface area contributed by atoms with Crippen molar-refractivity contribution < 1.29 is 4.79 Å². The van der Waals surface area contributed by atoms with E-state index in [-0.39, 0.29) is 5.78 Å². The van der Waals surface area contributed by atoms with Crippen LogP contribution >= 0.6 is 43.2 Å². The second-order valence-corrected chi connectivity index (χ2v) is 8.56. The molecule has 0 unspecified atom stereocenters. The number of aryl methyl sites for hydroxylation is 2. The first kappa shape index (κ1) is 15.7. The first-order chi connectivity index (χ1) is 9.38. The van der Waals surface area contributed by atoms with E-state index >= 15 is 0 Å². The molecule has 0 amide bonds. The Morgan fingerprint density at radius 3 is 2.50 bits per heavy atom. The minimum atomic E-state index is 0.112. The average molecular weight is 417 g/mol. The molecular weight excluding hydrogens is 402 g/mol. The Labute approximate surface area is 140 Å². The van der Waals surface area contributed by atoms with Crippen LogP contribution in [0.4, 0.5) is 5.69 Å². The number of Topliss-reactive ketones (excluding diaryl/α,β-unsaturated/α-hetero) is 1. The molecule has 0 aliphatic heterocycles. The lowest BCUT2D eigenvalue weighted by molar-refractivity contribution is 0.1000. The predicted octanol–water partition coefficient (Wildman–Crippen LogP) is 5.21. The van der Waals surface area contributed by atoms with Crippen LogP contribution in [0.3, 0.4) is 0 Å². The van der Waals surface area contributed by atoms with Crippen molar-refractivity contribution in [1.29, 1.82) is 0 Å². The van der Waals surface area contributed by atoms with Gasteiger partial charge in [0.1, 0.15) is 0 Å². The van der Waals surface area contributed by atoms with Crippen molar-refractivity contribution in [2.24, 2.45) is 0 Å². The topological polar surface area (TPSA) is 20.3 Å². The number of hydrogen-bond acceptors (Lipinski definition) is 3. The maximum Gasteiger partial charge on any atom is 0.184 e. The molecule has 2 nitrogen and oxygen atoms in total. The summed E-state index contributed by atoms with van der Waals surface area (Å²) in [6.45, 7) is 4.51. The van der Waals surface area contributed by atoms with Crippen LogP contribution in [-0.2, 0) is 0 Å². The number of rotatable bonds is 4. The Morgan fingerprint density at radius 2 is 1.95 bits per heavy atom. The summed E-state index contributed by atoms with van der Waals surface area (Å²) >= 11 is 8.36. The third-order valence-corrected chi connectivity index (χ3v) is 5.44. The number of ketones is 1. The minimum Gasteiger partial charge on any atom is -0.367 e. The SMILES string of the molecule is Cc1ccc(N(C)CC(=O)c2cc(Br)sc2Br)c(C)c1. The van der Waals surface area contributed by atoms with Crippen molar-refractivity contribution in [2.45, 2.75) is 13.8 Å². The highest BCUT2D eigenvalue weighted by Crippen LogP contribution is 2.32. The molecule has 0 aliphatic carbocycles. The van der Waals surface area contributed by atoms with Gasteiger partial charge in [-0.1, -0.05) is 17.7 Å². The van der Waals surface area contributed by atoms with Gasteiger partial charge in [-0.25, -0.2) is 0 Å². The fourth-order valence-corrected chi connectivity index (χ4v) is 5.01. The van der Waals surface area contributed by atoms with E-state index < -0.39 is 0 Å². The van der Waals surface area contributed by atoms with Crippen LogP contribution in [0.1, 0.15) is 21.5 Å². The molecule has 0 saturated heterocycles. The molecule has 106 valence electrons. The number of thiophene rings is 1. The molecule has 20 heavy (non-hydrogen) atoms. The van der Waals surface area contributed by atoms with Gasteiger partial charge in [0.25, 0.3) is 0 Å². The third kappa shape index (κ3) is 3.51. The molecule has 0 aliphatic rings. The number of anilines is 1. The monoisotopic (exact) mass is 415 g/mol. The van der Waals surface area contributed by atoms with Gasteiger partial charge in [-0.3, -0.25) is 4.79 Å². The van der Waals surface area contributed by atoms with Crippen molar-refractivity contribution in [2.75, 3.05) is 18.5 Å². The fraction of sp³-hybridized carbons (Fsp3) is 0.267. The number of carbonyl (C=O) groups is 1. The summed E-state index contributed by atoms with van der Waals surface area (Å²) in [5, 5.41) is 0. The molecule has 0 N–H and O–H groups in total. The first-order valence-electron chi connectivity index (χ1n) is 6.15. The minimum absolute atomic E-state index is 0.112. The lowest BCUT2D eigenvalue weighted by atomic mass is 10.1. The molecule has 1 aromatic carbocycles. The highest BCUT2D eigenvalue weighted by molar-refractivity contribution is 9.12. The van der Waals surface area contributed by atoms with Crippen LogP contribution in [0.15, 0.2) is 31.8 Å². The summed E-state index contributed by atoms with van der Waals surface area (Å²) in [4.78, 5) is 14.4. The van der Waals surface area contributed by atoms with Crippen molar-refractivity contribution in [3.05, 3.63) is 48.5 Å². The molecule has 0 bridgehead atoms. The second kappa shape index (κ2) is 6.41. The fourth-order valence-electron chi connectivity index (χ4n) is 2.15. The number of benzene rings is 1. The molecule has 1 aromatic heterocycles. The van der Waals surface area contributed by atoms with Gasteiger partial charge in [0.15, 0.2) is 5.78 Å². The molecule has 5 heteroatoms. The predicted molar refractivity (Wildman–Crippen MR) is 93.2 cm³/mol. The summed E-state index contributed by atoms with van der Waals surface area (Å²) < 4.78 is 1.84. The number of hydrogen-bond donors (Lipinski definition) is 0. The van der Waals surface area contributed by atoms with Gasteiger partial charge in [0, 0.05) is 18.3 Å². The maximum atomic E-state index is 12.4. The standard InChI is InChI=1S/C15H15Br2NOS/c1-9-4-5-12(10(2)6-9)18(3)8-13(19)11-7-14(16)20-15(11)17/h4-7H,8H2,1-3H3. The average Bonchev–Trinajstić information content (AvgIpc) is 2.68. The van der Waals surface area contributed by atoms with E-state index in [0.29, 0.717) is 6.54 Å². The summed E-state index contributed by atoms with van der Waals surface area (Å²) in [6, 6.07) is 8.14. The highest BCUT2D eigenvalue weighted by Gasteiger charge is 2.16. The number of nitrogens with zero attached hydrogens (tertiary/aromatic N) is 1. The van der Waals surface area contributed by atoms with Crippen molar-refractivity contribution in [1.82, 2.24) is 0 Å². The zero-order valence-electron chi connectivity index (χ0n) is 11.5. The number of carbonyl (C=O) groups excluding carboxylic acids is 1. The smallest absolute Gasteiger partial charge is 0.184 e. The Morgan fingerprint density at radius 1 is 1.25 bits per heavy atom. The summed E-state index contributed by atoms with van der Waals surface area (Å²) in [7, 11) is 1.95. The van der Waals surface area contributed by atoms with Crippen molar-refractivity contribution >= 4 is 54.7 Å². The zero-order chi connectivity index (χ0) is 14.9. The third-order valence-electron chi connectivity index (χ3n) is 3.10. The molecule has 0 radical (unpaired) electrons. The van der Waals surface area contributed by atoms with Gasteiger partial charge in [-0.2, -0.15) is 0 Å². The zero-order valence-corrected chi connectivity index (χ0v) is 15.5. The second-order valence-electron chi connectivity index (χ2n) is 4.81. The van der Waals surface area contributed by atoms with Crippen molar-refractivity contribution in [3.8, 4) is 0 Å². The van der Waals surface area contributed by atoms with Gasteiger partial charge in [0.2, 0.25) is 0 Å². The van der Waals surface area contributed by atoms with E-state index in [1.54, 1.807) is 0 Å². The summed E-state index contributed by atoms with van der Waals surface area (Å²) in [5.74, 6) is 0.112. The molecule has 0 saturated carbocycles. The molecular formula is C15H15Br2NOS. The Balaban J connectivity index is 2.17. The van der Waals surface area contributed by atoms with Crippen molar-refractivity contribution in [3.63, 3.8) is 0 Å². The van der Waals surface area contributed by atoms with Gasteiger partial charge in [-0.05, 0) is 63.4 Å². The summed E-state index contributed by atoms with van der Waals surface area (Å²) in [5.41, 5.74) is 4.24. The van der Waals surface area contributed by atoms with Crippen LogP contribution < -0.4 is 4.90 Å². The van der Waals surface area contributed by atoms with Gasteiger partial charge in [0.05, 0.1) is 14.1 Å². The van der Waals surface area contributed by atoms with Gasteiger partial charge < -0.3 is 4.90 Å². The normalized spacial score (nSPS) is 10.7. The maximum absolute atomic E-state index is 12.4. The van der Waals surface area contributed by atoms with Crippen LogP contribution in [0, 0.1) is 13.8 Å². The quantitative estimate of drug-likeness (QED) is 0.637. The van der Waals surface area contributed by atoms with Gasteiger partial charge >= 0.3 is 0 Å². The Hall–Kier alpha value is -0.650. The van der Waals surface area contributed by atoms with Crippen LogP contribution in [0.5, 0.6) is 0 Å². The number of likely N-dealkylation sites (N-methyl/N-ethyl adjacent to an activating group) is 1. The molecule has 1 heterocycles.